The largest absolute Gasteiger partial charge is 0.468 e. The van der Waals surface area contributed by atoms with Crippen LogP contribution in [0.2, 0.25) is 0 Å². The second-order valence-electron chi connectivity index (χ2n) is 5.45. The Kier molecular flexibility index (Phi) is 5.10. The SMILES string of the molecule is COC(=O)C(Cc1ccccc1)(Cc1ccccc1)C(C)=O. The molecule has 0 aromatic heterocycles. The maximum absolute atomic E-state index is 12.4. The van der Waals surface area contributed by atoms with Crippen molar-refractivity contribution in [1.82, 2.24) is 0 Å². The van der Waals surface area contributed by atoms with Gasteiger partial charge in [0.05, 0.1) is 7.11 Å². The van der Waals surface area contributed by atoms with Crippen LogP contribution in [0.1, 0.15) is 18.1 Å². The molecule has 2 aromatic rings. The first kappa shape index (κ1) is 16.0. The topological polar surface area (TPSA) is 43.4 Å². The molecule has 0 radical (unpaired) electrons. The highest BCUT2D eigenvalue weighted by Crippen LogP contribution is 2.31. The van der Waals surface area contributed by atoms with Gasteiger partial charge in [-0.3, -0.25) is 9.59 Å². The molecule has 0 aliphatic heterocycles. The number of benzene rings is 2. The van der Waals surface area contributed by atoms with Gasteiger partial charge in [-0.05, 0) is 30.9 Å². The molecule has 3 heteroatoms. The Hall–Kier alpha value is -2.42. The Bertz CT molecular complexity index is 591. The van der Waals surface area contributed by atoms with Gasteiger partial charge in [0.15, 0.2) is 0 Å². The summed E-state index contributed by atoms with van der Waals surface area (Å²) >= 11 is 0. The molecule has 0 saturated carbocycles. The Morgan fingerprint density at radius 3 is 1.59 bits per heavy atom. The molecule has 114 valence electrons. The average Bonchev–Trinajstić information content (AvgIpc) is 2.55. The molecule has 0 unspecified atom stereocenters. The van der Waals surface area contributed by atoms with Gasteiger partial charge < -0.3 is 4.74 Å². The highest BCUT2D eigenvalue weighted by molar-refractivity contribution is 6.03. The minimum atomic E-state index is -1.18. The first-order valence-electron chi connectivity index (χ1n) is 7.26. The van der Waals surface area contributed by atoms with Crippen molar-refractivity contribution < 1.29 is 14.3 Å². The number of rotatable bonds is 6. The second kappa shape index (κ2) is 7.03. The summed E-state index contributed by atoms with van der Waals surface area (Å²) in [5.74, 6) is -0.653. The van der Waals surface area contributed by atoms with E-state index in [4.69, 9.17) is 4.74 Å². The first-order chi connectivity index (χ1) is 10.6. The van der Waals surface area contributed by atoms with Crippen molar-refractivity contribution in [3.05, 3.63) is 71.8 Å². The Morgan fingerprint density at radius 2 is 1.27 bits per heavy atom. The van der Waals surface area contributed by atoms with Gasteiger partial charge >= 0.3 is 5.97 Å². The molecular formula is C19H20O3. The van der Waals surface area contributed by atoms with Gasteiger partial charge in [-0.25, -0.2) is 0 Å². The van der Waals surface area contributed by atoms with Crippen LogP contribution in [0.4, 0.5) is 0 Å². The molecule has 22 heavy (non-hydrogen) atoms. The lowest BCUT2D eigenvalue weighted by molar-refractivity contribution is -0.157. The van der Waals surface area contributed by atoms with Gasteiger partial charge in [0.25, 0.3) is 0 Å². The van der Waals surface area contributed by atoms with Crippen molar-refractivity contribution in [2.75, 3.05) is 7.11 Å². The van der Waals surface area contributed by atoms with E-state index < -0.39 is 11.4 Å². The number of Topliss-reactive ketones (excluding diaryl/α,β-unsaturated/α-hetero) is 1. The summed E-state index contributed by atoms with van der Waals surface area (Å²) in [6, 6.07) is 19.1. The molecule has 0 fully saturated rings. The van der Waals surface area contributed by atoms with Crippen LogP contribution in [-0.4, -0.2) is 18.9 Å². The lowest BCUT2D eigenvalue weighted by Gasteiger charge is -2.28. The third-order valence-electron chi connectivity index (χ3n) is 3.95. The Labute approximate surface area is 130 Å². The summed E-state index contributed by atoms with van der Waals surface area (Å²) in [7, 11) is 1.33. The number of ether oxygens (including phenoxy) is 1. The van der Waals surface area contributed by atoms with Gasteiger partial charge in [0.1, 0.15) is 11.2 Å². The van der Waals surface area contributed by atoms with E-state index in [0.29, 0.717) is 12.8 Å². The molecule has 3 nitrogen and oxygen atoms in total. The zero-order valence-electron chi connectivity index (χ0n) is 12.9. The summed E-state index contributed by atoms with van der Waals surface area (Å²) < 4.78 is 4.96. The highest BCUT2D eigenvalue weighted by atomic mass is 16.5. The van der Waals surface area contributed by atoms with Crippen molar-refractivity contribution in [1.29, 1.82) is 0 Å². The lowest BCUT2D eigenvalue weighted by atomic mass is 9.73. The number of esters is 1. The maximum Gasteiger partial charge on any atom is 0.320 e. The predicted molar refractivity (Wildman–Crippen MR) is 85.4 cm³/mol. The minimum absolute atomic E-state index is 0.174. The normalized spacial score (nSPS) is 11.0. The van der Waals surface area contributed by atoms with E-state index in [2.05, 4.69) is 0 Å². The fourth-order valence-corrected chi connectivity index (χ4v) is 2.68. The Morgan fingerprint density at radius 1 is 0.864 bits per heavy atom. The molecule has 0 heterocycles. The van der Waals surface area contributed by atoms with Crippen LogP contribution in [0, 0.1) is 5.41 Å². The number of carbonyl (C=O) groups is 2. The zero-order valence-corrected chi connectivity index (χ0v) is 12.9. The number of methoxy groups -OCH3 is 1. The number of ketones is 1. The number of hydrogen-bond donors (Lipinski definition) is 0. The first-order valence-corrected chi connectivity index (χ1v) is 7.26. The van der Waals surface area contributed by atoms with E-state index in [9.17, 15) is 9.59 Å². The molecule has 0 spiro atoms. The summed E-state index contributed by atoms with van der Waals surface area (Å²) in [5, 5.41) is 0. The standard InChI is InChI=1S/C19H20O3/c1-15(20)19(18(21)22-2,13-16-9-5-3-6-10-16)14-17-11-7-4-8-12-17/h3-12H,13-14H2,1-2H3. The summed E-state index contributed by atoms with van der Waals surface area (Å²) in [5.41, 5.74) is 0.704. The van der Waals surface area contributed by atoms with Crippen LogP contribution in [0.15, 0.2) is 60.7 Å². The van der Waals surface area contributed by atoms with E-state index in [1.165, 1.54) is 14.0 Å². The van der Waals surface area contributed by atoms with E-state index in [0.717, 1.165) is 11.1 Å². The molecule has 0 amide bonds. The molecule has 2 rings (SSSR count). The van der Waals surface area contributed by atoms with Crippen molar-refractivity contribution in [3.63, 3.8) is 0 Å². The number of hydrogen-bond acceptors (Lipinski definition) is 3. The van der Waals surface area contributed by atoms with Crippen LogP contribution in [0.25, 0.3) is 0 Å². The van der Waals surface area contributed by atoms with E-state index in [-0.39, 0.29) is 5.78 Å². The molecule has 0 atom stereocenters. The molecule has 0 bridgehead atoms. The predicted octanol–water partition coefficient (Wildman–Crippen LogP) is 3.22. The van der Waals surface area contributed by atoms with Crippen molar-refractivity contribution in [3.8, 4) is 0 Å². The van der Waals surface area contributed by atoms with Crippen LogP contribution >= 0.6 is 0 Å². The fourth-order valence-electron chi connectivity index (χ4n) is 2.68. The van der Waals surface area contributed by atoms with Crippen LogP contribution in [0.3, 0.4) is 0 Å². The van der Waals surface area contributed by atoms with E-state index in [1.807, 2.05) is 60.7 Å². The van der Waals surface area contributed by atoms with Gasteiger partial charge in [-0.15, -0.1) is 0 Å². The molecule has 2 aromatic carbocycles. The quantitative estimate of drug-likeness (QED) is 0.607. The van der Waals surface area contributed by atoms with Crippen LogP contribution in [0.5, 0.6) is 0 Å². The maximum atomic E-state index is 12.4. The molecule has 0 saturated heterocycles. The average molecular weight is 296 g/mol. The lowest BCUT2D eigenvalue weighted by Crippen LogP contribution is -2.43. The Balaban J connectivity index is 2.42. The molecule has 0 N–H and O–H groups in total. The monoisotopic (exact) mass is 296 g/mol. The number of carbonyl (C=O) groups excluding carboxylic acids is 2. The van der Waals surface area contributed by atoms with Gasteiger partial charge in [0, 0.05) is 0 Å². The fraction of sp³-hybridized carbons (Fsp3) is 0.263. The van der Waals surface area contributed by atoms with Gasteiger partial charge in [0.2, 0.25) is 0 Å². The summed E-state index contributed by atoms with van der Waals surface area (Å²) in [4.78, 5) is 24.8. The molecule has 0 aliphatic carbocycles. The smallest absolute Gasteiger partial charge is 0.320 e. The minimum Gasteiger partial charge on any atom is -0.468 e. The van der Waals surface area contributed by atoms with Gasteiger partial charge in [-0.1, -0.05) is 60.7 Å². The summed E-state index contributed by atoms with van der Waals surface area (Å²) in [6.45, 7) is 1.46. The third-order valence-corrected chi connectivity index (χ3v) is 3.95. The van der Waals surface area contributed by atoms with Crippen LogP contribution in [-0.2, 0) is 27.2 Å². The summed E-state index contributed by atoms with van der Waals surface area (Å²) in [6.07, 6.45) is 0.676. The molecular weight excluding hydrogens is 276 g/mol. The van der Waals surface area contributed by atoms with Gasteiger partial charge in [-0.2, -0.15) is 0 Å². The highest BCUT2D eigenvalue weighted by Gasteiger charge is 2.44. The zero-order chi connectivity index (χ0) is 16.0. The third kappa shape index (κ3) is 3.42. The van der Waals surface area contributed by atoms with E-state index >= 15 is 0 Å². The second-order valence-corrected chi connectivity index (χ2v) is 5.45. The van der Waals surface area contributed by atoms with Crippen molar-refractivity contribution >= 4 is 11.8 Å². The van der Waals surface area contributed by atoms with Crippen molar-refractivity contribution in [2.45, 2.75) is 19.8 Å². The molecule has 0 aliphatic rings. The van der Waals surface area contributed by atoms with E-state index in [1.54, 1.807) is 0 Å². The van der Waals surface area contributed by atoms with Crippen molar-refractivity contribution in [2.24, 2.45) is 5.41 Å². The van der Waals surface area contributed by atoms with Crippen LogP contribution < -0.4 is 0 Å².